The largest absolute Gasteiger partial charge is 0.454 e. The van der Waals surface area contributed by atoms with Gasteiger partial charge in [-0.1, -0.05) is 18.2 Å². The summed E-state index contributed by atoms with van der Waals surface area (Å²) < 4.78 is 5.30. The van der Waals surface area contributed by atoms with Crippen molar-refractivity contribution in [2.24, 2.45) is 0 Å². The molecular weight excluding hydrogens is 378 g/mol. The molecule has 28 heavy (non-hydrogen) atoms. The molecule has 3 fully saturated rings. The molecule has 8 heteroatoms. The van der Waals surface area contributed by atoms with Gasteiger partial charge in [-0.05, 0) is 25.5 Å². The minimum Gasteiger partial charge on any atom is -0.454 e. The number of fused-ring (bicyclic) bond motifs is 1. The van der Waals surface area contributed by atoms with Crippen molar-refractivity contribution in [1.82, 2.24) is 9.80 Å². The number of esters is 1. The van der Waals surface area contributed by atoms with E-state index in [0.29, 0.717) is 25.3 Å². The summed E-state index contributed by atoms with van der Waals surface area (Å²) >= 11 is 1.62. The van der Waals surface area contributed by atoms with Crippen molar-refractivity contribution >= 4 is 35.2 Å². The zero-order chi connectivity index (χ0) is 19.7. The van der Waals surface area contributed by atoms with Crippen LogP contribution < -0.4 is 4.90 Å². The van der Waals surface area contributed by atoms with Crippen LogP contribution in [0.2, 0.25) is 0 Å². The Morgan fingerprint density at radius 2 is 1.89 bits per heavy atom. The van der Waals surface area contributed by atoms with Crippen LogP contribution in [0.25, 0.3) is 0 Å². The summed E-state index contributed by atoms with van der Waals surface area (Å²) in [6.07, 6.45) is 1.23. The number of para-hydroxylation sites is 1. The highest BCUT2D eigenvalue weighted by Crippen LogP contribution is 2.47. The Hall–Kier alpha value is -2.22. The molecule has 150 valence electrons. The van der Waals surface area contributed by atoms with E-state index in [1.807, 2.05) is 25.1 Å². The fourth-order valence-electron chi connectivity index (χ4n) is 4.17. The van der Waals surface area contributed by atoms with E-state index in [1.165, 1.54) is 0 Å². The van der Waals surface area contributed by atoms with Crippen LogP contribution in [0, 0.1) is 0 Å². The van der Waals surface area contributed by atoms with Crippen molar-refractivity contribution in [3.8, 4) is 0 Å². The molecule has 0 radical (unpaired) electrons. The Morgan fingerprint density at radius 1 is 1.18 bits per heavy atom. The van der Waals surface area contributed by atoms with E-state index >= 15 is 0 Å². The predicted molar refractivity (Wildman–Crippen MR) is 107 cm³/mol. The fourth-order valence-corrected chi connectivity index (χ4v) is 5.59. The molecule has 0 spiro atoms. The molecule has 3 aliphatic heterocycles. The van der Waals surface area contributed by atoms with Crippen LogP contribution in [0.3, 0.4) is 0 Å². The number of benzene rings is 1. The number of anilines is 1. The average Bonchev–Trinajstić information content (AvgIpc) is 3.22. The van der Waals surface area contributed by atoms with Gasteiger partial charge in [0.1, 0.15) is 6.04 Å². The van der Waals surface area contributed by atoms with Gasteiger partial charge in [-0.15, -0.1) is 11.8 Å². The predicted octanol–water partition coefficient (Wildman–Crippen LogP) is 1.33. The van der Waals surface area contributed by atoms with Crippen LogP contribution in [0.5, 0.6) is 0 Å². The molecule has 2 amide bonds. The quantitative estimate of drug-likeness (QED) is 0.707. The van der Waals surface area contributed by atoms with E-state index in [1.54, 1.807) is 21.6 Å². The van der Waals surface area contributed by atoms with Gasteiger partial charge in [0.15, 0.2) is 6.61 Å². The van der Waals surface area contributed by atoms with Gasteiger partial charge in [0.2, 0.25) is 5.91 Å². The minimum absolute atomic E-state index is 0.00203. The standard InChI is InChI=1S/C20H25N3O4S/c1-20-8-7-17(24)23(20)16(14-28-20)19(26)27-13-18(25)22-11-9-21(10-12-22)15-5-3-2-4-6-15/h2-6,16H,7-14H2,1H3/t16-,20+/m0/s1. The summed E-state index contributed by atoms with van der Waals surface area (Å²) in [4.78, 5) is 42.4. The van der Waals surface area contributed by atoms with Crippen LogP contribution in [-0.2, 0) is 19.1 Å². The summed E-state index contributed by atoms with van der Waals surface area (Å²) in [5, 5.41) is 0. The summed E-state index contributed by atoms with van der Waals surface area (Å²) in [5.74, 6) is -0.117. The Kier molecular flexibility index (Phi) is 5.23. The number of nitrogens with zero attached hydrogens (tertiary/aromatic N) is 3. The molecule has 0 bridgehead atoms. The number of carbonyl (C=O) groups excluding carboxylic acids is 3. The summed E-state index contributed by atoms with van der Waals surface area (Å²) in [6, 6.07) is 9.54. The second-order valence-electron chi connectivity index (χ2n) is 7.58. The molecule has 4 rings (SSSR count). The first kappa shape index (κ1) is 19.1. The lowest BCUT2D eigenvalue weighted by atomic mass is 10.2. The zero-order valence-corrected chi connectivity index (χ0v) is 16.8. The number of ether oxygens (including phenoxy) is 1. The Labute approximate surface area is 169 Å². The molecule has 1 aromatic rings. The van der Waals surface area contributed by atoms with Crippen molar-refractivity contribution in [2.75, 3.05) is 43.4 Å². The van der Waals surface area contributed by atoms with Crippen molar-refractivity contribution in [1.29, 1.82) is 0 Å². The molecule has 0 aliphatic carbocycles. The molecule has 3 aliphatic rings. The van der Waals surface area contributed by atoms with Gasteiger partial charge in [-0.25, -0.2) is 4.79 Å². The molecule has 7 nitrogen and oxygen atoms in total. The van der Waals surface area contributed by atoms with E-state index in [0.717, 1.165) is 25.2 Å². The Balaban J connectivity index is 1.26. The van der Waals surface area contributed by atoms with E-state index in [4.69, 9.17) is 4.74 Å². The lowest BCUT2D eigenvalue weighted by Gasteiger charge is -2.36. The fraction of sp³-hybridized carbons (Fsp3) is 0.550. The van der Waals surface area contributed by atoms with Gasteiger partial charge >= 0.3 is 5.97 Å². The lowest BCUT2D eigenvalue weighted by molar-refractivity contribution is -0.158. The van der Waals surface area contributed by atoms with Gasteiger partial charge in [-0.3, -0.25) is 9.59 Å². The first-order valence-corrected chi connectivity index (χ1v) is 10.7. The van der Waals surface area contributed by atoms with Crippen LogP contribution in [0.15, 0.2) is 30.3 Å². The van der Waals surface area contributed by atoms with Gasteiger partial charge in [-0.2, -0.15) is 0 Å². The van der Waals surface area contributed by atoms with Gasteiger partial charge < -0.3 is 19.4 Å². The molecule has 3 heterocycles. The Bertz CT molecular complexity index is 766. The number of hydrogen-bond donors (Lipinski definition) is 0. The normalized spacial score (nSPS) is 27.1. The van der Waals surface area contributed by atoms with Crippen LogP contribution in [0.4, 0.5) is 5.69 Å². The number of amides is 2. The highest BCUT2D eigenvalue weighted by Gasteiger charge is 2.53. The first-order chi connectivity index (χ1) is 13.5. The second kappa shape index (κ2) is 7.66. The van der Waals surface area contributed by atoms with Crippen molar-refractivity contribution in [3.05, 3.63) is 30.3 Å². The Morgan fingerprint density at radius 3 is 2.61 bits per heavy atom. The third-order valence-electron chi connectivity index (χ3n) is 5.81. The average molecular weight is 404 g/mol. The molecule has 3 saturated heterocycles. The molecule has 2 atom stereocenters. The van der Waals surface area contributed by atoms with Gasteiger partial charge in [0.05, 0.1) is 4.87 Å². The maximum absolute atomic E-state index is 12.5. The molecule has 0 unspecified atom stereocenters. The van der Waals surface area contributed by atoms with E-state index in [9.17, 15) is 14.4 Å². The second-order valence-corrected chi connectivity index (χ2v) is 9.08. The smallest absolute Gasteiger partial charge is 0.330 e. The molecule has 0 saturated carbocycles. The molecular formula is C20H25N3O4S. The summed E-state index contributed by atoms with van der Waals surface area (Å²) in [5.41, 5.74) is 1.15. The highest BCUT2D eigenvalue weighted by molar-refractivity contribution is 8.01. The number of rotatable bonds is 4. The van der Waals surface area contributed by atoms with Gasteiger partial charge in [0.25, 0.3) is 5.91 Å². The first-order valence-electron chi connectivity index (χ1n) is 9.68. The zero-order valence-electron chi connectivity index (χ0n) is 16.0. The topological polar surface area (TPSA) is 70.2 Å². The van der Waals surface area contributed by atoms with E-state index in [2.05, 4.69) is 17.0 Å². The molecule has 1 aromatic carbocycles. The van der Waals surface area contributed by atoms with Crippen molar-refractivity contribution in [3.63, 3.8) is 0 Å². The number of hydrogen-bond acceptors (Lipinski definition) is 6. The van der Waals surface area contributed by atoms with Crippen LogP contribution in [-0.4, -0.2) is 77.0 Å². The van der Waals surface area contributed by atoms with Crippen LogP contribution >= 0.6 is 11.8 Å². The number of piperazine rings is 1. The van der Waals surface area contributed by atoms with Crippen molar-refractivity contribution in [2.45, 2.75) is 30.7 Å². The lowest BCUT2D eigenvalue weighted by Crippen LogP contribution is -2.50. The molecule has 0 aromatic heterocycles. The highest BCUT2D eigenvalue weighted by atomic mass is 32.2. The SMILES string of the molecule is C[C@@]12CCC(=O)N1[C@H](C(=O)OCC(=O)N1CCN(c3ccccc3)CC1)CS2. The van der Waals surface area contributed by atoms with E-state index < -0.39 is 12.0 Å². The maximum Gasteiger partial charge on any atom is 0.330 e. The van der Waals surface area contributed by atoms with Crippen LogP contribution in [0.1, 0.15) is 19.8 Å². The van der Waals surface area contributed by atoms with E-state index in [-0.39, 0.29) is 23.3 Å². The monoisotopic (exact) mass is 403 g/mol. The number of thioether (sulfide) groups is 1. The number of carbonyl (C=O) groups is 3. The van der Waals surface area contributed by atoms with Gasteiger partial charge in [0, 0.05) is 44.0 Å². The summed E-state index contributed by atoms with van der Waals surface area (Å²) in [6.45, 7) is 4.45. The molecule has 0 N–H and O–H groups in total. The third-order valence-corrected chi connectivity index (χ3v) is 7.31. The minimum atomic E-state index is -0.576. The van der Waals surface area contributed by atoms with Crippen molar-refractivity contribution < 1.29 is 19.1 Å². The summed E-state index contributed by atoms with van der Waals surface area (Å²) in [7, 11) is 0. The maximum atomic E-state index is 12.5. The third kappa shape index (κ3) is 3.57.